The summed E-state index contributed by atoms with van der Waals surface area (Å²) in [5.74, 6) is -2.29. The summed E-state index contributed by atoms with van der Waals surface area (Å²) in [6.45, 7) is 5.23. The van der Waals surface area contributed by atoms with E-state index in [0.717, 1.165) is 29.9 Å². The van der Waals surface area contributed by atoms with E-state index >= 15 is 0 Å². The van der Waals surface area contributed by atoms with Crippen molar-refractivity contribution in [2.24, 2.45) is 5.92 Å². The van der Waals surface area contributed by atoms with Crippen molar-refractivity contribution in [2.45, 2.75) is 33.6 Å². The molecule has 0 spiro atoms. The molecule has 4 nitrogen and oxygen atoms in total. The molecular formula is C16H22F2N2O2. The third-order valence-corrected chi connectivity index (χ3v) is 3.58. The number of halogens is 2. The Morgan fingerprint density at radius 2 is 1.73 bits per heavy atom. The molecule has 0 aliphatic carbocycles. The number of carbonyl (C=O) groups is 2. The van der Waals surface area contributed by atoms with Gasteiger partial charge in [0.15, 0.2) is 0 Å². The molecule has 0 fully saturated rings. The SMILES string of the molecule is CCC(CC)C(=O)NCCN(C(C)=O)c1c(F)cccc1F. The fourth-order valence-corrected chi connectivity index (χ4v) is 2.27. The molecule has 0 aromatic heterocycles. The van der Waals surface area contributed by atoms with Crippen molar-refractivity contribution in [3.8, 4) is 0 Å². The average molecular weight is 312 g/mol. The quantitative estimate of drug-likeness (QED) is 0.841. The summed E-state index contributed by atoms with van der Waals surface area (Å²) >= 11 is 0. The summed E-state index contributed by atoms with van der Waals surface area (Å²) in [7, 11) is 0. The maximum Gasteiger partial charge on any atom is 0.224 e. The fraction of sp³-hybridized carbons (Fsp3) is 0.500. The Kier molecular flexibility index (Phi) is 6.95. The lowest BCUT2D eigenvalue weighted by Gasteiger charge is -2.23. The Balaban J connectivity index is 2.75. The molecule has 1 N–H and O–H groups in total. The van der Waals surface area contributed by atoms with E-state index in [1.807, 2.05) is 13.8 Å². The second kappa shape index (κ2) is 8.46. The number of anilines is 1. The second-order valence-corrected chi connectivity index (χ2v) is 5.05. The summed E-state index contributed by atoms with van der Waals surface area (Å²) in [5, 5.41) is 2.70. The second-order valence-electron chi connectivity index (χ2n) is 5.05. The Labute approximate surface area is 129 Å². The van der Waals surface area contributed by atoms with Gasteiger partial charge in [0.1, 0.15) is 17.3 Å². The Hall–Kier alpha value is -1.98. The summed E-state index contributed by atoms with van der Waals surface area (Å²) in [4.78, 5) is 24.5. The highest BCUT2D eigenvalue weighted by molar-refractivity contribution is 5.91. The molecule has 0 aliphatic heterocycles. The number of rotatable bonds is 7. The standard InChI is InChI=1S/C16H22F2N2O2/c1-4-12(5-2)16(22)19-9-10-20(11(3)21)15-13(17)7-6-8-14(15)18/h6-8,12H,4-5,9-10H2,1-3H3,(H,19,22). The van der Waals surface area contributed by atoms with Gasteiger partial charge in [0, 0.05) is 25.9 Å². The molecule has 0 saturated heterocycles. The molecule has 122 valence electrons. The molecule has 0 radical (unpaired) electrons. The number of nitrogens with one attached hydrogen (secondary N) is 1. The smallest absolute Gasteiger partial charge is 0.224 e. The zero-order valence-electron chi connectivity index (χ0n) is 13.2. The van der Waals surface area contributed by atoms with Crippen molar-refractivity contribution in [2.75, 3.05) is 18.0 Å². The molecule has 1 rings (SSSR count). The molecule has 0 saturated carbocycles. The Bertz CT molecular complexity index is 511. The Morgan fingerprint density at radius 3 is 2.18 bits per heavy atom. The van der Waals surface area contributed by atoms with Gasteiger partial charge in [-0.15, -0.1) is 0 Å². The molecule has 6 heteroatoms. The van der Waals surface area contributed by atoms with Crippen LogP contribution in [0.1, 0.15) is 33.6 Å². The normalized spacial score (nSPS) is 10.6. The zero-order valence-corrected chi connectivity index (χ0v) is 13.2. The van der Waals surface area contributed by atoms with Crippen LogP contribution in [0, 0.1) is 17.6 Å². The van der Waals surface area contributed by atoms with Crippen molar-refractivity contribution in [3.63, 3.8) is 0 Å². The van der Waals surface area contributed by atoms with Gasteiger partial charge < -0.3 is 10.2 Å². The number of amides is 2. The van der Waals surface area contributed by atoms with Gasteiger partial charge in [0.2, 0.25) is 11.8 Å². The molecular weight excluding hydrogens is 290 g/mol. The minimum atomic E-state index is -0.804. The highest BCUT2D eigenvalue weighted by Gasteiger charge is 2.20. The summed E-state index contributed by atoms with van der Waals surface area (Å²) < 4.78 is 27.5. The molecule has 1 aromatic rings. The zero-order chi connectivity index (χ0) is 16.7. The third-order valence-electron chi connectivity index (χ3n) is 3.58. The average Bonchev–Trinajstić information content (AvgIpc) is 2.46. The van der Waals surface area contributed by atoms with Crippen molar-refractivity contribution < 1.29 is 18.4 Å². The van der Waals surface area contributed by atoms with Gasteiger partial charge in [-0.1, -0.05) is 19.9 Å². The highest BCUT2D eigenvalue weighted by atomic mass is 19.1. The van der Waals surface area contributed by atoms with Crippen LogP contribution in [0.25, 0.3) is 0 Å². The van der Waals surface area contributed by atoms with Crippen molar-refractivity contribution >= 4 is 17.5 Å². The van der Waals surface area contributed by atoms with E-state index in [2.05, 4.69) is 5.32 Å². The molecule has 0 unspecified atom stereocenters. The Morgan fingerprint density at radius 1 is 1.18 bits per heavy atom. The van der Waals surface area contributed by atoms with E-state index in [-0.39, 0.29) is 30.6 Å². The number of hydrogen-bond donors (Lipinski definition) is 1. The van der Waals surface area contributed by atoms with Gasteiger partial charge in [0.25, 0.3) is 0 Å². The first-order valence-corrected chi connectivity index (χ1v) is 7.42. The van der Waals surface area contributed by atoms with Gasteiger partial charge in [0.05, 0.1) is 0 Å². The van der Waals surface area contributed by atoms with Crippen LogP contribution < -0.4 is 10.2 Å². The predicted molar refractivity (Wildman–Crippen MR) is 81.5 cm³/mol. The van der Waals surface area contributed by atoms with Gasteiger partial charge in [-0.05, 0) is 25.0 Å². The molecule has 0 heterocycles. The lowest BCUT2D eigenvalue weighted by molar-refractivity contribution is -0.125. The fourth-order valence-electron chi connectivity index (χ4n) is 2.27. The monoisotopic (exact) mass is 312 g/mol. The van der Waals surface area contributed by atoms with E-state index in [1.165, 1.54) is 13.0 Å². The first-order valence-electron chi connectivity index (χ1n) is 7.42. The minimum Gasteiger partial charge on any atom is -0.354 e. The molecule has 1 aromatic carbocycles. The summed E-state index contributed by atoms with van der Waals surface area (Å²) in [5.41, 5.74) is -0.383. The van der Waals surface area contributed by atoms with Crippen LogP contribution in [0.4, 0.5) is 14.5 Å². The van der Waals surface area contributed by atoms with Crippen LogP contribution in [0.5, 0.6) is 0 Å². The van der Waals surface area contributed by atoms with E-state index < -0.39 is 17.5 Å². The highest BCUT2D eigenvalue weighted by Crippen LogP contribution is 2.23. The lowest BCUT2D eigenvalue weighted by atomic mass is 10.0. The van der Waals surface area contributed by atoms with Crippen LogP contribution in [-0.2, 0) is 9.59 Å². The van der Waals surface area contributed by atoms with E-state index in [0.29, 0.717) is 0 Å². The summed E-state index contributed by atoms with van der Waals surface area (Å²) in [6, 6.07) is 3.43. The lowest BCUT2D eigenvalue weighted by Crippen LogP contribution is -2.40. The first kappa shape index (κ1) is 18.1. The van der Waals surface area contributed by atoms with E-state index in [4.69, 9.17) is 0 Å². The maximum absolute atomic E-state index is 13.8. The number of carbonyl (C=O) groups excluding carboxylic acids is 2. The summed E-state index contributed by atoms with van der Waals surface area (Å²) in [6.07, 6.45) is 1.45. The number of para-hydroxylation sites is 1. The minimum absolute atomic E-state index is 0.0130. The van der Waals surface area contributed by atoms with Crippen molar-refractivity contribution in [1.29, 1.82) is 0 Å². The molecule has 22 heavy (non-hydrogen) atoms. The third kappa shape index (κ3) is 4.51. The van der Waals surface area contributed by atoms with Crippen LogP contribution in [0.2, 0.25) is 0 Å². The van der Waals surface area contributed by atoms with Crippen LogP contribution in [-0.4, -0.2) is 24.9 Å². The van der Waals surface area contributed by atoms with Crippen LogP contribution in [0.3, 0.4) is 0 Å². The molecule has 0 aliphatic rings. The van der Waals surface area contributed by atoms with Gasteiger partial charge in [-0.2, -0.15) is 0 Å². The van der Waals surface area contributed by atoms with Gasteiger partial charge in [-0.3, -0.25) is 9.59 Å². The van der Waals surface area contributed by atoms with E-state index in [1.54, 1.807) is 0 Å². The maximum atomic E-state index is 13.8. The molecule has 0 atom stereocenters. The largest absolute Gasteiger partial charge is 0.354 e. The molecule has 2 amide bonds. The topological polar surface area (TPSA) is 49.4 Å². The first-order chi connectivity index (χ1) is 10.4. The number of hydrogen-bond acceptors (Lipinski definition) is 2. The van der Waals surface area contributed by atoms with Crippen LogP contribution >= 0.6 is 0 Å². The predicted octanol–water partition coefficient (Wildman–Crippen LogP) is 2.87. The number of benzene rings is 1. The number of nitrogens with zero attached hydrogens (tertiary/aromatic N) is 1. The van der Waals surface area contributed by atoms with Crippen molar-refractivity contribution in [3.05, 3.63) is 29.8 Å². The van der Waals surface area contributed by atoms with Crippen LogP contribution in [0.15, 0.2) is 18.2 Å². The van der Waals surface area contributed by atoms with Crippen molar-refractivity contribution in [1.82, 2.24) is 5.32 Å². The van der Waals surface area contributed by atoms with E-state index in [9.17, 15) is 18.4 Å². The van der Waals surface area contributed by atoms with Gasteiger partial charge in [-0.25, -0.2) is 8.78 Å². The molecule has 0 bridgehead atoms. The van der Waals surface area contributed by atoms with Gasteiger partial charge >= 0.3 is 0 Å².